The van der Waals surface area contributed by atoms with E-state index < -0.39 is 5.97 Å². The third-order valence-corrected chi connectivity index (χ3v) is 2.48. The molecule has 82 valence electrons. The molecule has 0 saturated carbocycles. The fourth-order valence-electron chi connectivity index (χ4n) is 1.47. The number of rotatable bonds is 4. The number of benzene rings is 1. The number of carboxylic acid groups (broad SMARTS) is 1. The van der Waals surface area contributed by atoms with Gasteiger partial charge >= 0.3 is 5.97 Å². The summed E-state index contributed by atoms with van der Waals surface area (Å²) in [7, 11) is 1.55. The normalized spacial score (nSPS) is 10.1. The molecule has 0 atom stereocenters. The zero-order chi connectivity index (χ0) is 11.4. The Morgan fingerprint density at radius 1 is 1.53 bits per heavy atom. The van der Waals surface area contributed by atoms with E-state index in [0.717, 1.165) is 12.0 Å². The molecule has 1 aromatic rings. The predicted octanol–water partition coefficient (Wildman–Crippen LogP) is 2.54. The molecule has 4 heteroatoms. The maximum atomic E-state index is 10.6. The van der Waals surface area contributed by atoms with Crippen LogP contribution in [0.3, 0.4) is 0 Å². The maximum absolute atomic E-state index is 10.6. The summed E-state index contributed by atoms with van der Waals surface area (Å²) in [5.41, 5.74) is 1.56. The van der Waals surface area contributed by atoms with Crippen LogP contribution in [0.4, 0.5) is 0 Å². The zero-order valence-electron chi connectivity index (χ0n) is 8.71. The number of hydrogen-bond donors (Lipinski definition) is 1. The summed E-state index contributed by atoms with van der Waals surface area (Å²) in [5, 5.41) is 9.23. The van der Waals surface area contributed by atoms with Crippen LogP contribution in [0, 0.1) is 0 Å². The molecule has 0 aliphatic carbocycles. The largest absolute Gasteiger partial charge is 0.496 e. The first kappa shape index (κ1) is 11.9. The van der Waals surface area contributed by atoms with Crippen molar-refractivity contribution in [3.05, 3.63) is 28.3 Å². The molecule has 0 aliphatic rings. The van der Waals surface area contributed by atoms with Gasteiger partial charge in [0, 0.05) is 10.6 Å². The molecule has 0 saturated heterocycles. The monoisotopic (exact) mass is 228 g/mol. The van der Waals surface area contributed by atoms with E-state index in [1.54, 1.807) is 19.2 Å². The minimum Gasteiger partial charge on any atom is -0.496 e. The highest BCUT2D eigenvalue weighted by molar-refractivity contribution is 6.31. The van der Waals surface area contributed by atoms with Crippen LogP contribution in [0.5, 0.6) is 5.75 Å². The molecule has 15 heavy (non-hydrogen) atoms. The van der Waals surface area contributed by atoms with Gasteiger partial charge in [-0.2, -0.15) is 0 Å². The highest BCUT2D eigenvalue weighted by Crippen LogP contribution is 2.29. The van der Waals surface area contributed by atoms with Gasteiger partial charge in [-0.05, 0) is 24.1 Å². The number of methoxy groups -OCH3 is 1. The number of ether oxygens (including phenoxy) is 1. The lowest BCUT2D eigenvalue weighted by molar-refractivity contribution is -0.136. The topological polar surface area (TPSA) is 46.5 Å². The fourth-order valence-corrected chi connectivity index (χ4v) is 1.83. The maximum Gasteiger partial charge on any atom is 0.307 e. The second kappa shape index (κ2) is 5.03. The van der Waals surface area contributed by atoms with Gasteiger partial charge in [0.1, 0.15) is 5.75 Å². The molecular weight excluding hydrogens is 216 g/mol. The lowest BCUT2D eigenvalue weighted by atomic mass is 10.1. The van der Waals surface area contributed by atoms with E-state index in [0.29, 0.717) is 16.3 Å². The van der Waals surface area contributed by atoms with Crippen molar-refractivity contribution < 1.29 is 14.6 Å². The van der Waals surface area contributed by atoms with Crippen molar-refractivity contribution in [2.75, 3.05) is 7.11 Å². The first-order valence-corrected chi connectivity index (χ1v) is 5.03. The molecule has 1 aromatic carbocycles. The van der Waals surface area contributed by atoms with Crippen LogP contribution >= 0.6 is 11.6 Å². The summed E-state index contributed by atoms with van der Waals surface area (Å²) in [6.07, 6.45) is 0.718. The molecule has 0 heterocycles. The average molecular weight is 229 g/mol. The molecule has 0 fully saturated rings. The molecular formula is C11H13ClO3. The Hall–Kier alpha value is -1.22. The van der Waals surface area contributed by atoms with Gasteiger partial charge < -0.3 is 9.84 Å². The average Bonchev–Trinajstić information content (AvgIpc) is 2.15. The van der Waals surface area contributed by atoms with Crippen molar-refractivity contribution in [3.63, 3.8) is 0 Å². The van der Waals surface area contributed by atoms with E-state index in [1.807, 2.05) is 6.92 Å². The molecule has 0 bridgehead atoms. The molecule has 3 nitrogen and oxygen atoms in total. The van der Waals surface area contributed by atoms with Gasteiger partial charge in [0.15, 0.2) is 0 Å². The van der Waals surface area contributed by atoms with Gasteiger partial charge in [0.25, 0.3) is 0 Å². The van der Waals surface area contributed by atoms with Crippen molar-refractivity contribution in [1.29, 1.82) is 0 Å². The minimum atomic E-state index is -0.877. The Labute approximate surface area is 93.6 Å². The highest BCUT2D eigenvalue weighted by Gasteiger charge is 2.10. The number of carboxylic acids is 1. The second-order valence-electron chi connectivity index (χ2n) is 3.18. The van der Waals surface area contributed by atoms with Crippen LogP contribution in [0.25, 0.3) is 0 Å². The van der Waals surface area contributed by atoms with Crippen molar-refractivity contribution in [2.24, 2.45) is 0 Å². The Kier molecular flexibility index (Phi) is 3.97. The van der Waals surface area contributed by atoms with Gasteiger partial charge in [-0.1, -0.05) is 18.5 Å². The Balaban J connectivity index is 3.13. The summed E-state index contributed by atoms with van der Waals surface area (Å²) in [6.45, 7) is 1.97. The summed E-state index contributed by atoms with van der Waals surface area (Å²) < 4.78 is 5.16. The fraction of sp³-hybridized carbons (Fsp3) is 0.364. The molecule has 0 unspecified atom stereocenters. The summed E-state index contributed by atoms with van der Waals surface area (Å²) in [4.78, 5) is 10.6. The van der Waals surface area contributed by atoms with Gasteiger partial charge in [0.05, 0.1) is 13.5 Å². The van der Waals surface area contributed by atoms with E-state index in [1.165, 1.54) is 0 Å². The van der Waals surface area contributed by atoms with E-state index in [9.17, 15) is 4.79 Å². The van der Waals surface area contributed by atoms with Gasteiger partial charge in [-0.15, -0.1) is 0 Å². The first-order chi connectivity index (χ1) is 7.08. The van der Waals surface area contributed by atoms with Crippen LogP contribution in [-0.4, -0.2) is 18.2 Å². The SMILES string of the molecule is CCc1c(Cl)cc(CC(=O)O)cc1OC. The standard InChI is InChI=1S/C11H13ClO3/c1-3-8-9(12)4-7(6-11(13)14)5-10(8)15-2/h4-5H,3,6H2,1-2H3,(H,13,14). The van der Waals surface area contributed by atoms with Crippen molar-refractivity contribution in [2.45, 2.75) is 19.8 Å². The number of aliphatic carboxylic acids is 1. The van der Waals surface area contributed by atoms with E-state index in [2.05, 4.69) is 0 Å². The lowest BCUT2D eigenvalue weighted by Gasteiger charge is -2.10. The summed E-state index contributed by atoms with van der Waals surface area (Å²) >= 11 is 6.02. The lowest BCUT2D eigenvalue weighted by Crippen LogP contribution is -2.02. The number of halogens is 1. The summed E-state index contributed by atoms with van der Waals surface area (Å²) in [5.74, 6) is -0.224. The van der Waals surface area contributed by atoms with Crippen LogP contribution in [-0.2, 0) is 17.6 Å². The summed E-state index contributed by atoms with van der Waals surface area (Å²) in [6, 6.07) is 3.40. The molecule has 0 radical (unpaired) electrons. The van der Waals surface area contributed by atoms with Crippen LogP contribution in [0.2, 0.25) is 5.02 Å². The highest BCUT2D eigenvalue weighted by atomic mass is 35.5. The first-order valence-electron chi connectivity index (χ1n) is 4.65. The second-order valence-corrected chi connectivity index (χ2v) is 3.59. The van der Waals surface area contributed by atoms with Crippen molar-refractivity contribution in [3.8, 4) is 5.75 Å². The predicted molar refractivity (Wildman–Crippen MR) is 58.7 cm³/mol. The molecule has 0 aliphatic heterocycles. The smallest absolute Gasteiger partial charge is 0.307 e. The molecule has 0 amide bonds. The van der Waals surface area contributed by atoms with Crippen LogP contribution in [0.15, 0.2) is 12.1 Å². The Morgan fingerprint density at radius 2 is 2.20 bits per heavy atom. The third-order valence-electron chi connectivity index (χ3n) is 2.14. The number of hydrogen-bond acceptors (Lipinski definition) is 2. The molecule has 0 aromatic heterocycles. The van der Waals surface area contributed by atoms with Crippen LogP contribution < -0.4 is 4.74 Å². The molecule has 1 rings (SSSR count). The minimum absolute atomic E-state index is 0.0416. The van der Waals surface area contributed by atoms with Gasteiger partial charge in [-0.3, -0.25) is 4.79 Å². The third kappa shape index (κ3) is 2.86. The van der Waals surface area contributed by atoms with E-state index in [4.69, 9.17) is 21.4 Å². The van der Waals surface area contributed by atoms with Crippen LogP contribution in [0.1, 0.15) is 18.1 Å². The van der Waals surface area contributed by atoms with Crippen molar-refractivity contribution in [1.82, 2.24) is 0 Å². The Bertz CT molecular complexity index is 374. The molecule has 0 spiro atoms. The van der Waals surface area contributed by atoms with E-state index >= 15 is 0 Å². The van der Waals surface area contributed by atoms with E-state index in [-0.39, 0.29) is 6.42 Å². The number of carbonyl (C=O) groups is 1. The van der Waals surface area contributed by atoms with Crippen molar-refractivity contribution >= 4 is 17.6 Å². The quantitative estimate of drug-likeness (QED) is 0.862. The van der Waals surface area contributed by atoms with Gasteiger partial charge in [0.2, 0.25) is 0 Å². The zero-order valence-corrected chi connectivity index (χ0v) is 9.47. The Morgan fingerprint density at radius 3 is 2.67 bits per heavy atom. The van der Waals surface area contributed by atoms with Gasteiger partial charge in [-0.25, -0.2) is 0 Å². The molecule has 1 N–H and O–H groups in total.